The van der Waals surface area contributed by atoms with Gasteiger partial charge in [0, 0.05) is 7.11 Å². The van der Waals surface area contributed by atoms with Crippen molar-refractivity contribution < 1.29 is 4.74 Å². The van der Waals surface area contributed by atoms with Crippen LogP contribution in [0.3, 0.4) is 0 Å². The Labute approximate surface area is 111 Å². The third-order valence-electron chi connectivity index (χ3n) is 4.59. The van der Waals surface area contributed by atoms with Gasteiger partial charge < -0.3 is 4.74 Å². The second-order valence-electron chi connectivity index (χ2n) is 6.14. The minimum Gasteiger partial charge on any atom is -0.380 e. The van der Waals surface area contributed by atoms with Crippen molar-refractivity contribution in [3.63, 3.8) is 0 Å². The molecule has 0 radical (unpaired) electrons. The summed E-state index contributed by atoms with van der Waals surface area (Å²) in [5.74, 6) is 1.28. The summed E-state index contributed by atoms with van der Waals surface area (Å²) in [7, 11) is 1.76. The van der Waals surface area contributed by atoms with E-state index in [-0.39, 0.29) is 0 Å². The molecule has 1 nitrogen and oxygen atoms in total. The fourth-order valence-electron chi connectivity index (χ4n) is 3.45. The Bertz CT molecular complexity index is 445. The molecule has 0 aromatic heterocycles. The lowest BCUT2D eigenvalue weighted by atomic mass is 9.51. The first-order valence-corrected chi connectivity index (χ1v) is 6.70. The molecule has 1 heteroatoms. The summed E-state index contributed by atoms with van der Waals surface area (Å²) in [6.45, 7) is 11.7. The third-order valence-corrected chi connectivity index (χ3v) is 4.59. The number of ether oxygens (including phenoxy) is 1. The smallest absolute Gasteiger partial charge is 0.0715 e. The van der Waals surface area contributed by atoms with Crippen molar-refractivity contribution in [1.29, 1.82) is 0 Å². The maximum atomic E-state index is 5.31. The zero-order valence-electron chi connectivity index (χ0n) is 12.0. The highest BCUT2D eigenvalue weighted by molar-refractivity contribution is 5.35. The molecule has 0 spiro atoms. The largest absolute Gasteiger partial charge is 0.380 e. The van der Waals surface area contributed by atoms with Gasteiger partial charge in [-0.2, -0.15) is 0 Å². The van der Waals surface area contributed by atoms with Crippen molar-refractivity contribution in [2.75, 3.05) is 7.11 Å². The predicted octanol–water partition coefficient (Wildman–Crippen LogP) is 4.54. The Hall–Kier alpha value is -1.08. The van der Waals surface area contributed by atoms with E-state index >= 15 is 0 Å². The molecular formula is C17H24O. The molecule has 1 saturated carbocycles. The van der Waals surface area contributed by atoms with E-state index in [1.165, 1.54) is 23.1 Å². The summed E-state index contributed by atoms with van der Waals surface area (Å²) in [6, 6.07) is 8.68. The van der Waals surface area contributed by atoms with E-state index in [2.05, 4.69) is 51.6 Å². The van der Waals surface area contributed by atoms with Crippen LogP contribution >= 0.6 is 0 Å². The SMILES string of the molecule is C=C(C)C1CC(c2ccccc2COC)C1(C)C. The van der Waals surface area contributed by atoms with Crippen molar-refractivity contribution in [2.24, 2.45) is 11.3 Å². The van der Waals surface area contributed by atoms with Gasteiger partial charge in [-0.15, -0.1) is 0 Å². The number of rotatable bonds is 4. The summed E-state index contributed by atoms with van der Waals surface area (Å²) in [5, 5.41) is 0. The molecule has 0 amide bonds. The summed E-state index contributed by atoms with van der Waals surface area (Å²) < 4.78 is 5.31. The summed E-state index contributed by atoms with van der Waals surface area (Å²) in [6.07, 6.45) is 1.23. The maximum Gasteiger partial charge on any atom is 0.0715 e. The second-order valence-corrected chi connectivity index (χ2v) is 6.14. The summed E-state index contributed by atoms with van der Waals surface area (Å²) >= 11 is 0. The van der Waals surface area contributed by atoms with E-state index in [9.17, 15) is 0 Å². The highest BCUT2D eigenvalue weighted by Gasteiger charge is 2.49. The zero-order chi connectivity index (χ0) is 13.3. The van der Waals surface area contributed by atoms with Gasteiger partial charge in [0.05, 0.1) is 6.61 Å². The van der Waals surface area contributed by atoms with Gasteiger partial charge in [0.2, 0.25) is 0 Å². The molecular weight excluding hydrogens is 220 g/mol. The zero-order valence-corrected chi connectivity index (χ0v) is 12.0. The van der Waals surface area contributed by atoms with Crippen LogP contribution in [0.1, 0.15) is 44.2 Å². The van der Waals surface area contributed by atoms with Crippen LogP contribution in [0.2, 0.25) is 0 Å². The quantitative estimate of drug-likeness (QED) is 0.707. The normalized spacial score (nSPS) is 25.6. The van der Waals surface area contributed by atoms with Gasteiger partial charge in [0.1, 0.15) is 0 Å². The van der Waals surface area contributed by atoms with Gasteiger partial charge in [-0.1, -0.05) is 50.3 Å². The monoisotopic (exact) mass is 244 g/mol. The van der Waals surface area contributed by atoms with Crippen LogP contribution < -0.4 is 0 Å². The first-order valence-electron chi connectivity index (χ1n) is 6.70. The number of methoxy groups -OCH3 is 1. The van der Waals surface area contributed by atoms with E-state index in [4.69, 9.17) is 4.74 Å². The highest BCUT2D eigenvalue weighted by atomic mass is 16.5. The number of allylic oxidation sites excluding steroid dienone is 1. The lowest BCUT2D eigenvalue weighted by molar-refractivity contribution is 0.0598. The number of benzene rings is 1. The highest BCUT2D eigenvalue weighted by Crippen LogP contribution is 2.59. The molecule has 1 aliphatic carbocycles. The molecule has 0 aliphatic heterocycles. The molecule has 18 heavy (non-hydrogen) atoms. The van der Waals surface area contributed by atoms with Gasteiger partial charge in [0.15, 0.2) is 0 Å². The molecule has 2 rings (SSSR count). The minimum atomic E-state index is 0.315. The standard InChI is InChI=1S/C17H24O/c1-12(2)15-10-16(17(15,3)4)14-9-7-6-8-13(14)11-18-5/h6-9,15-16H,1,10-11H2,2-5H3. The van der Waals surface area contributed by atoms with Crippen LogP contribution in [0, 0.1) is 11.3 Å². The fraction of sp³-hybridized carbons (Fsp3) is 0.529. The van der Waals surface area contributed by atoms with E-state index in [1.54, 1.807) is 7.11 Å². The first-order chi connectivity index (χ1) is 8.48. The van der Waals surface area contributed by atoms with E-state index in [1.807, 2.05) is 0 Å². The van der Waals surface area contributed by atoms with Gasteiger partial charge in [-0.25, -0.2) is 0 Å². The van der Waals surface area contributed by atoms with Crippen molar-refractivity contribution >= 4 is 0 Å². The third kappa shape index (κ3) is 2.12. The van der Waals surface area contributed by atoms with Gasteiger partial charge in [0.25, 0.3) is 0 Å². The van der Waals surface area contributed by atoms with Gasteiger partial charge in [-0.3, -0.25) is 0 Å². The Morgan fingerprint density at radius 1 is 1.39 bits per heavy atom. The number of hydrogen-bond acceptors (Lipinski definition) is 1. The van der Waals surface area contributed by atoms with Crippen LogP contribution in [0.15, 0.2) is 36.4 Å². The molecule has 1 aliphatic rings. The fourth-order valence-corrected chi connectivity index (χ4v) is 3.45. The van der Waals surface area contributed by atoms with E-state index in [0.29, 0.717) is 23.9 Å². The first kappa shape index (κ1) is 13.4. The second kappa shape index (κ2) is 4.89. The Balaban J connectivity index is 2.27. The van der Waals surface area contributed by atoms with Crippen molar-refractivity contribution in [3.05, 3.63) is 47.5 Å². The predicted molar refractivity (Wildman–Crippen MR) is 76.6 cm³/mol. The minimum absolute atomic E-state index is 0.315. The maximum absolute atomic E-state index is 5.31. The topological polar surface area (TPSA) is 9.23 Å². The number of hydrogen-bond donors (Lipinski definition) is 0. The lowest BCUT2D eigenvalue weighted by Crippen LogP contribution is -2.43. The van der Waals surface area contributed by atoms with Gasteiger partial charge in [-0.05, 0) is 41.7 Å². The molecule has 1 aromatic rings. The molecule has 0 bridgehead atoms. The summed E-state index contributed by atoms with van der Waals surface area (Å²) in [5.41, 5.74) is 4.43. The van der Waals surface area contributed by atoms with Crippen LogP contribution in [-0.2, 0) is 11.3 Å². The van der Waals surface area contributed by atoms with Crippen LogP contribution in [0.4, 0.5) is 0 Å². The van der Waals surface area contributed by atoms with Crippen LogP contribution in [-0.4, -0.2) is 7.11 Å². The molecule has 1 aromatic carbocycles. The van der Waals surface area contributed by atoms with E-state index < -0.39 is 0 Å². The van der Waals surface area contributed by atoms with Crippen molar-refractivity contribution in [2.45, 2.75) is 39.7 Å². The Morgan fingerprint density at radius 3 is 2.61 bits per heavy atom. The van der Waals surface area contributed by atoms with E-state index in [0.717, 1.165) is 0 Å². The molecule has 0 saturated heterocycles. The molecule has 2 atom stereocenters. The van der Waals surface area contributed by atoms with Gasteiger partial charge >= 0.3 is 0 Å². The Morgan fingerprint density at radius 2 is 2.06 bits per heavy atom. The van der Waals surface area contributed by atoms with Crippen molar-refractivity contribution in [1.82, 2.24) is 0 Å². The summed E-state index contributed by atoms with van der Waals surface area (Å²) in [4.78, 5) is 0. The van der Waals surface area contributed by atoms with Crippen LogP contribution in [0.25, 0.3) is 0 Å². The molecule has 98 valence electrons. The Kier molecular flexibility index (Phi) is 3.63. The molecule has 1 fully saturated rings. The average molecular weight is 244 g/mol. The average Bonchev–Trinajstić information content (AvgIpc) is 2.30. The van der Waals surface area contributed by atoms with Crippen LogP contribution in [0.5, 0.6) is 0 Å². The lowest BCUT2D eigenvalue weighted by Gasteiger charge is -2.53. The molecule has 0 heterocycles. The molecule has 2 unspecified atom stereocenters. The molecule has 0 N–H and O–H groups in total. The van der Waals surface area contributed by atoms with Crippen molar-refractivity contribution in [3.8, 4) is 0 Å².